The summed E-state index contributed by atoms with van der Waals surface area (Å²) in [4.78, 5) is 0. The highest BCUT2D eigenvalue weighted by atomic mass is 16.3. The number of hydrogen-bond acceptors (Lipinski definition) is 3. The minimum absolute atomic E-state index is 0.661. The second kappa shape index (κ2) is 4.81. The minimum atomic E-state index is 0.661. The van der Waals surface area contributed by atoms with E-state index >= 15 is 0 Å². The number of aryl methyl sites for hydroxylation is 4. The van der Waals surface area contributed by atoms with Crippen molar-refractivity contribution in [3.63, 3.8) is 0 Å². The van der Waals surface area contributed by atoms with E-state index in [1.807, 2.05) is 33.0 Å². The van der Waals surface area contributed by atoms with Crippen LogP contribution in [0.5, 0.6) is 0 Å². The van der Waals surface area contributed by atoms with E-state index in [4.69, 9.17) is 10.2 Å². The Morgan fingerprint density at radius 1 is 1.14 bits per heavy atom. The predicted octanol–water partition coefficient (Wildman–Crippen LogP) is 3.85. The summed E-state index contributed by atoms with van der Waals surface area (Å²) in [7, 11) is 1.86. The molecule has 21 heavy (non-hydrogen) atoms. The van der Waals surface area contributed by atoms with Gasteiger partial charge >= 0.3 is 0 Å². The molecule has 0 atom stereocenters. The number of nitrogens with zero attached hydrogens (tertiary/aromatic N) is 2. The smallest absolute Gasteiger partial charge is 0.129 e. The van der Waals surface area contributed by atoms with Gasteiger partial charge in [0.2, 0.25) is 0 Å². The lowest BCUT2D eigenvalue weighted by molar-refractivity contribution is 0.505. The highest BCUT2D eigenvalue weighted by molar-refractivity contribution is 5.88. The molecule has 0 spiro atoms. The molecule has 3 aromatic rings. The molecule has 0 unspecified atom stereocenters. The Bertz CT molecular complexity index is 812. The van der Waals surface area contributed by atoms with Crippen LogP contribution in [-0.2, 0) is 7.05 Å². The first-order valence-corrected chi connectivity index (χ1v) is 6.94. The van der Waals surface area contributed by atoms with Crippen LogP contribution in [0.2, 0.25) is 0 Å². The molecule has 0 bridgehead atoms. The Hall–Kier alpha value is -2.49. The molecule has 108 valence electrons. The van der Waals surface area contributed by atoms with Gasteiger partial charge in [-0.1, -0.05) is 29.8 Å². The highest BCUT2D eigenvalue weighted by Crippen LogP contribution is 2.38. The molecule has 3 rings (SSSR count). The zero-order valence-electron chi connectivity index (χ0n) is 12.8. The number of benzene rings is 1. The largest absolute Gasteiger partial charge is 0.466 e. The van der Waals surface area contributed by atoms with Crippen molar-refractivity contribution in [1.82, 2.24) is 9.78 Å². The molecule has 2 aromatic heterocycles. The number of hydrogen-bond donors (Lipinski definition) is 1. The molecule has 0 saturated carbocycles. The molecule has 0 saturated heterocycles. The molecule has 0 fully saturated rings. The van der Waals surface area contributed by atoms with E-state index in [-0.39, 0.29) is 0 Å². The third-order valence-corrected chi connectivity index (χ3v) is 3.69. The number of rotatable bonds is 2. The van der Waals surface area contributed by atoms with Crippen LogP contribution < -0.4 is 5.73 Å². The maximum absolute atomic E-state index is 6.25. The fraction of sp³-hybridized carbons (Fsp3) is 0.235. The van der Waals surface area contributed by atoms with Gasteiger partial charge in [0.05, 0.1) is 5.56 Å². The van der Waals surface area contributed by atoms with Gasteiger partial charge in [-0.3, -0.25) is 4.68 Å². The quantitative estimate of drug-likeness (QED) is 0.776. The topological polar surface area (TPSA) is 57.0 Å². The van der Waals surface area contributed by atoms with Crippen LogP contribution in [0, 0.1) is 20.8 Å². The van der Waals surface area contributed by atoms with Crippen LogP contribution in [0.15, 0.2) is 34.7 Å². The van der Waals surface area contributed by atoms with Gasteiger partial charge in [-0.25, -0.2) is 0 Å². The van der Waals surface area contributed by atoms with Gasteiger partial charge in [-0.2, -0.15) is 5.10 Å². The van der Waals surface area contributed by atoms with Gasteiger partial charge < -0.3 is 10.2 Å². The summed E-state index contributed by atoms with van der Waals surface area (Å²) in [6.45, 7) is 5.96. The lowest BCUT2D eigenvalue weighted by atomic mass is 9.99. The fourth-order valence-corrected chi connectivity index (χ4v) is 2.68. The minimum Gasteiger partial charge on any atom is -0.466 e. The SMILES string of the molecule is Cc1cccc(-c2c(-c3cc(C)oc3C)nn(C)c2N)c1. The van der Waals surface area contributed by atoms with Crippen molar-refractivity contribution in [2.75, 3.05) is 5.73 Å². The second-order valence-corrected chi connectivity index (χ2v) is 5.43. The van der Waals surface area contributed by atoms with E-state index in [0.29, 0.717) is 5.82 Å². The van der Waals surface area contributed by atoms with Crippen LogP contribution in [0.4, 0.5) is 5.82 Å². The van der Waals surface area contributed by atoms with E-state index in [2.05, 4.69) is 30.2 Å². The molecule has 0 radical (unpaired) electrons. The van der Waals surface area contributed by atoms with Crippen molar-refractivity contribution in [3.05, 3.63) is 47.4 Å². The number of anilines is 1. The third kappa shape index (κ3) is 2.23. The van der Waals surface area contributed by atoms with Crippen molar-refractivity contribution in [2.24, 2.45) is 7.05 Å². The summed E-state index contributed by atoms with van der Waals surface area (Å²) in [6, 6.07) is 10.3. The Balaban J connectivity index is 2.28. The number of aromatic nitrogens is 2. The Labute approximate surface area is 124 Å². The van der Waals surface area contributed by atoms with Gasteiger partial charge in [0.1, 0.15) is 23.0 Å². The van der Waals surface area contributed by atoms with E-state index in [1.165, 1.54) is 5.56 Å². The summed E-state index contributed by atoms with van der Waals surface area (Å²) >= 11 is 0. The number of nitrogen functional groups attached to an aromatic ring is 1. The van der Waals surface area contributed by atoms with E-state index in [1.54, 1.807) is 4.68 Å². The van der Waals surface area contributed by atoms with E-state index in [9.17, 15) is 0 Å². The normalized spacial score (nSPS) is 11.0. The van der Waals surface area contributed by atoms with Crippen LogP contribution >= 0.6 is 0 Å². The summed E-state index contributed by atoms with van der Waals surface area (Å²) in [5, 5.41) is 4.59. The Morgan fingerprint density at radius 2 is 1.90 bits per heavy atom. The van der Waals surface area contributed by atoms with Gasteiger partial charge in [0.15, 0.2) is 0 Å². The van der Waals surface area contributed by atoms with Gasteiger partial charge in [0.25, 0.3) is 0 Å². The summed E-state index contributed by atoms with van der Waals surface area (Å²) in [6.07, 6.45) is 0. The van der Waals surface area contributed by atoms with Crippen LogP contribution in [0.25, 0.3) is 22.4 Å². The molecule has 0 amide bonds. The molecule has 0 aliphatic carbocycles. The van der Waals surface area contributed by atoms with Crippen LogP contribution in [0.3, 0.4) is 0 Å². The first kappa shape index (κ1) is 13.5. The summed E-state index contributed by atoms with van der Waals surface area (Å²) < 4.78 is 7.36. The highest BCUT2D eigenvalue weighted by Gasteiger charge is 2.20. The molecule has 2 N–H and O–H groups in total. The lowest BCUT2D eigenvalue weighted by Crippen LogP contribution is -1.98. The monoisotopic (exact) mass is 281 g/mol. The molecule has 0 aliphatic rings. The van der Waals surface area contributed by atoms with Crippen molar-refractivity contribution in [1.29, 1.82) is 0 Å². The van der Waals surface area contributed by atoms with Gasteiger partial charge in [-0.05, 0) is 32.4 Å². The zero-order chi connectivity index (χ0) is 15.1. The first-order valence-electron chi connectivity index (χ1n) is 6.94. The summed E-state index contributed by atoms with van der Waals surface area (Å²) in [5.41, 5.74) is 11.4. The van der Waals surface area contributed by atoms with Crippen molar-refractivity contribution < 1.29 is 4.42 Å². The molecule has 4 nitrogen and oxygen atoms in total. The average molecular weight is 281 g/mol. The molecular formula is C17H19N3O. The lowest BCUT2D eigenvalue weighted by Gasteiger charge is -2.05. The maximum Gasteiger partial charge on any atom is 0.129 e. The Kier molecular flexibility index (Phi) is 3.09. The van der Waals surface area contributed by atoms with Crippen molar-refractivity contribution in [3.8, 4) is 22.4 Å². The average Bonchev–Trinajstić information content (AvgIpc) is 2.90. The van der Waals surface area contributed by atoms with Crippen molar-refractivity contribution >= 4 is 5.82 Å². The van der Waals surface area contributed by atoms with Crippen LogP contribution in [0.1, 0.15) is 17.1 Å². The molecule has 2 heterocycles. The number of furan rings is 1. The second-order valence-electron chi connectivity index (χ2n) is 5.43. The van der Waals surface area contributed by atoms with E-state index in [0.717, 1.165) is 33.9 Å². The van der Waals surface area contributed by atoms with Gasteiger partial charge in [0, 0.05) is 12.6 Å². The number of nitrogens with two attached hydrogens (primary N) is 1. The zero-order valence-corrected chi connectivity index (χ0v) is 12.8. The maximum atomic E-state index is 6.25. The Morgan fingerprint density at radius 3 is 2.52 bits per heavy atom. The molecule has 4 heteroatoms. The van der Waals surface area contributed by atoms with E-state index < -0.39 is 0 Å². The van der Waals surface area contributed by atoms with Crippen molar-refractivity contribution in [2.45, 2.75) is 20.8 Å². The standard InChI is InChI=1S/C17H19N3O/c1-10-6-5-7-13(8-10)15-16(19-20(4)17(15)18)14-9-11(2)21-12(14)3/h5-9H,18H2,1-4H3. The van der Waals surface area contributed by atoms with Gasteiger partial charge in [-0.15, -0.1) is 0 Å². The predicted molar refractivity (Wildman–Crippen MR) is 85.0 cm³/mol. The fourth-order valence-electron chi connectivity index (χ4n) is 2.68. The molecule has 0 aliphatic heterocycles. The first-order chi connectivity index (χ1) is 9.97. The molecular weight excluding hydrogens is 262 g/mol. The van der Waals surface area contributed by atoms with Crippen LogP contribution in [-0.4, -0.2) is 9.78 Å². The summed E-state index contributed by atoms with van der Waals surface area (Å²) in [5.74, 6) is 2.40. The molecule has 1 aromatic carbocycles. The third-order valence-electron chi connectivity index (χ3n) is 3.69.